The first-order chi connectivity index (χ1) is 15.8. The van der Waals surface area contributed by atoms with E-state index in [-0.39, 0.29) is 46.4 Å². The lowest BCUT2D eigenvalue weighted by Crippen LogP contribution is -2.34. The predicted molar refractivity (Wildman–Crippen MR) is 117 cm³/mol. The summed E-state index contributed by atoms with van der Waals surface area (Å²) in [5, 5.41) is 7.03. The monoisotopic (exact) mass is 511 g/mol. The van der Waals surface area contributed by atoms with Crippen LogP contribution in [-0.2, 0) is 17.7 Å². The Labute approximate surface area is 199 Å². The molecule has 0 unspecified atom stereocenters. The van der Waals surface area contributed by atoms with Crippen molar-refractivity contribution in [3.63, 3.8) is 0 Å². The summed E-state index contributed by atoms with van der Waals surface area (Å²) < 4.78 is 77.4. The van der Waals surface area contributed by atoms with E-state index in [4.69, 9.17) is 16.3 Å². The van der Waals surface area contributed by atoms with Gasteiger partial charge < -0.3 is 14.8 Å². The number of carbonyl (C=O) groups is 1. The van der Waals surface area contributed by atoms with Crippen molar-refractivity contribution < 1.29 is 36.2 Å². The van der Waals surface area contributed by atoms with Crippen LogP contribution in [-0.4, -0.2) is 48.7 Å². The Hall–Kier alpha value is -2.40. The zero-order chi connectivity index (χ0) is 25.7. The Morgan fingerprint density at radius 1 is 1.26 bits per heavy atom. The van der Waals surface area contributed by atoms with Crippen molar-refractivity contribution in [3.8, 4) is 17.0 Å². The van der Waals surface area contributed by atoms with E-state index in [9.17, 15) is 26.7 Å². The third-order valence-electron chi connectivity index (χ3n) is 5.09. The summed E-state index contributed by atoms with van der Waals surface area (Å²) in [6.45, 7) is 1.34. The molecule has 0 aliphatic heterocycles. The van der Waals surface area contributed by atoms with Gasteiger partial charge >= 0.3 is 18.8 Å². The average Bonchev–Trinajstić information content (AvgIpc) is 3.03. The van der Waals surface area contributed by atoms with E-state index in [2.05, 4.69) is 15.2 Å². The molecule has 0 spiro atoms. The Morgan fingerprint density at radius 3 is 2.50 bits per heavy atom. The number of aromatic nitrogens is 2. The molecule has 1 N–H and O–H groups in total. The lowest BCUT2D eigenvalue weighted by Gasteiger charge is -2.28. The third kappa shape index (κ3) is 6.59. The van der Waals surface area contributed by atoms with Crippen LogP contribution < -0.4 is 10.1 Å². The number of hydrogen-bond donors (Lipinski definition) is 1. The molecule has 0 fully saturated rings. The number of esters is 1. The maximum absolute atomic E-state index is 13.3. The molecule has 12 heteroatoms. The Bertz CT molecular complexity index is 993. The number of aryl methyl sites for hydroxylation is 1. The Balaban J connectivity index is 2.62. The molecule has 2 rings (SSSR count). The second-order valence-corrected chi connectivity index (χ2v) is 8.56. The molecule has 0 radical (unpaired) electrons. The number of halogens is 6. The van der Waals surface area contributed by atoms with Crippen molar-refractivity contribution in [2.75, 3.05) is 20.2 Å². The lowest BCUT2D eigenvalue weighted by molar-refractivity contribution is -0.211. The molecule has 6 nitrogen and oxygen atoms in total. The standard InChI is InChI=1S/C22H27ClF5N3O3/c1-5-33-19(32)17-16(23)18(31(30-17)10-6-9-29-4)14-8-7-13(11-15(14)34-20(24)25)12-21(2,3)22(26,27)28/h7-8,11,20,29H,5-6,9-10,12H2,1-4H3. The summed E-state index contributed by atoms with van der Waals surface area (Å²) in [6, 6.07) is 3.85. The Morgan fingerprint density at radius 2 is 1.94 bits per heavy atom. The molecule has 190 valence electrons. The minimum Gasteiger partial charge on any atom is -0.461 e. The minimum atomic E-state index is -4.50. The maximum atomic E-state index is 13.3. The van der Waals surface area contributed by atoms with Gasteiger partial charge in [-0.25, -0.2) is 4.79 Å². The molecule has 0 saturated heterocycles. The molecule has 1 heterocycles. The molecule has 0 aliphatic rings. The molecular formula is C22H27ClF5N3O3. The van der Waals surface area contributed by atoms with Crippen LogP contribution in [0, 0.1) is 5.41 Å². The number of rotatable bonds is 11. The predicted octanol–water partition coefficient (Wildman–Crippen LogP) is 5.72. The largest absolute Gasteiger partial charge is 0.461 e. The van der Waals surface area contributed by atoms with E-state index in [0.29, 0.717) is 13.0 Å². The highest BCUT2D eigenvalue weighted by Gasteiger charge is 2.47. The molecule has 0 bridgehead atoms. The summed E-state index contributed by atoms with van der Waals surface area (Å²) in [4.78, 5) is 12.3. The fraction of sp³-hybridized carbons (Fsp3) is 0.545. The molecule has 1 aromatic heterocycles. The maximum Gasteiger partial charge on any atom is 0.394 e. The molecule has 34 heavy (non-hydrogen) atoms. The van der Waals surface area contributed by atoms with Gasteiger partial charge in [0.05, 0.1) is 17.7 Å². The summed E-state index contributed by atoms with van der Waals surface area (Å²) >= 11 is 6.43. The SMILES string of the molecule is CCOC(=O)c1nn(CCCNC)c(-c2ccc(CC(C)(C)C(F)(F)F)cc2OC(F)F)c1Cl. The van der Waals surface area contributed by atoms with Crippen LogP contribution in [0.5, 0.6) is 5.75 Å². The van der Waals surface area contributed by atoms with E-state index in [1.807, 2.05) is 0 Å². The molecule has 1 aromatic carbocycles. The zero-order valence-electron chi connectivity index (χ0n) is 19.2. The van der Waals surface area contributed by atoms with Crippen LogP contribution in [0.2, 0.25) is 5.02 Å². The van der Waals surface area contributed by atoms with E-state index in [0.717, 1.165) is 19.9 Å². The fourth-order valence-electron chi connectivity index (χ4n) is 3.27. The van der Waals surface area contributed by atoms with Crippen LogP contribution >= 0.6 is 11.6 Å². The van der Waals surface area contributed by atoms with Gasteiger partial charge in [0, 0.05) is 12.1 Å². The second-order valence-electron chi connectivity index (χ2n) is 8.18. The van der Waals surface area contributed by atoms with Crippen LogP contribution in [0.1, 0.15) is 43.2 Å². The normalized spacial score (nSPS) is 12.3. The molecular weight excluding hydrogens is 485 g/mol. The van der Waals surface area contributed by atoms with Crippen molar-refractivity contribution in [3.05, 3.63) is 34.5 Å². The van der Waals surface area contributed by atoms with Gasteiger partial charge in [-0.1, -0.05) is 31.5 Å². The highest BCUT2D eigenvalue weighted by molar-refractivity contribution is 6.36. The minimum absolute atomic E-state index is 0.0615. The van der Waals surface area contributed by atoms with Crippen LogP contribution in [0.15, 0.2) is 18.2 Å². The van der Waals surface area contributed by atoms with Gasteiger partial charge in [-0.3, -0.25) is 4.68 Å². The highest BCUT2D eigenvalue weighted by atomic mass is 35.5. The van der Waals surface area contributed by atoms with Crippen molar-refractivity contribution in [1.82, 2.24) is 15.1 Å². The van der Waals surface area contributed by atoms with Crippen LogP contribution in [0.3, 0.4) is 0 Å². The number of ether oxygens (including phenoxy) is 2. The molecule has 2 aromatic rings. The first-order valence-electron chi connectivity index (χ1n) is 10.5. The third-order valence-corrected chi connectivity index (χ3v) is 5.45. The number of alkyl halides is 5. The highest BCUT2D eigenvalue weighted by Crippen LogP contribution is 2.43. The van der Waals surface area contributed by atoms with E-state index in [1.54, 1.807) is 14.0 Å². The lowest BCUT2D eigenvalue weighted by atomic mass is 9.84. The second kappa shape index (κ2) is 11.4. The van der Waals surface area contributed by atoms with E-state index < -0.39 is 30.6 Å². The van der Waals surface area contributed by atoms with Gasteiger partial charge in [0.15, 0.2) is 5.69 Å². The first kappa shape index (κ1) is 27.8. The van der Waals surface area contributed by atoms with Gasteiger partial charge in [0.1, 0.15) is 10.8 Å². The van der Waals surface area contributed by atoms with Crippen molar-refractivity contribution in [2.45, 2.75) is 52.9 Å². The fourth-order valence-corrected chi connectivity index (χ4v) is 3.59. The Kier molecular flexibility index (Phi) is 9.29. The molecule has 0 aliphatic carbocycles. The van der Waals surface area contributed by atoms with Crippen molar-refractivity contribution >= 4 is 17.6 Å². The van der Waals surface area contributed by atoms with Gasteiger partial charge in [-0.2, -0.15) is 27.1 Å². The topological polar surface area (TPSA) is 65.4 Å². The smallest absolute Gasteiger partial charge is 0.394 e. The number of benzene rings is 1. The zero-order valence-corrected chi connectivity index (χ0v) is 20.0. The molecule has 0 amide bonds. The van der Waals surface area contributed by atoms with Crippen LogP contribution in [0.4, 0.5) is 22.0 Å². The summed E-state index contributed by atoms with van der Waals surface area (Å²) in [6.07, 6.45) is -4.40. The number of carbonyl (C=O) groups excluding carboxylic acids is 1. The number of nitrogens with zero attached hydrogens (tertiary/aromatic N) is 2. The quantitative estimate of drug-likeness (QED) is 0.237. The number of nitrogens with one attached hydrogen (secondary N) is 1. The average molecular weight is 512 g/mol. The summed E-state index contributed by atoms with van der Waals surface area (Å²) in [5.41, 5.74) is -1.97. The van der Waals surface area contributed by atoms with Crippen molar-refractivity contribution in [2.24, 2.45) is 5.41 Å². The summed E-state index contributed by atoms with van der Waals surface area (Å²) in [5.74, 6) is -1.17. The summed E-state index contributed by atoms with van der Waals surface area (Å²) in [7, 11) is 1.75. The number of hydrogen-bond acceptors (Lipinski definition) is 5. The molecule has 0 atom stereocenters. The van der Waals surface area contributed by atoms with Gasteiger partial charge in [-0.15, -0.1) is 0 Å². The first-order valence-corrected chi connectivity index (χ1v) is 10.9. The van der Waals surface area contributed by atoms with Gasteiger partial charge in [-0.05, 0) is 51.1 Å². The van der Waals surface area contributed by atoms with Crippen LogP contribution in [0.25, 0.3) is 11.3 Å². The van der Waals surface area contributed by atoms with Gasteiger partial charge in [0.25, 0.3) is 0 Å². The van der Waals surface area contributed by atoms with Crippen molar-refractivity contribution in [1.29, 1.82) is 0 Å². The van der Waals surface area contributed by atoms with E-state index >= 15 is 0 Å². The van der Waals surface area contributed by atoms with E-state index in [1.165, 1.54) is 16.8 Å². The molecule has 0 saturated carbocycles. The van der Waals surface area contributed by atoms with Gasteiger partial charge in [0.2, 0.25) is 0 Å².